The van der Waals surface area contributed by atoms with Crippen molar-refractivity contribution < 1.29 is 14.7 Å². The maximum atomic E-state index is 11.8. The molecule has 0 spiro atoms. The highest BCUT2D eigenvalue weighted by molar-refractivity contribution is 5.82. The Kier molecular flexibility index (Phi) is 6.21. The zero-order chi connectivity index (χ0) is 15.9. The Morgan fingerprint density at radius 1 is 1.19 bits per heavy atom. The SMILES string of the molecule is CC(C)(C)N(CC(=O)NCCCc1ccccc1)C(=O)O. The first kappa shape index (κ1) is 17.0. The number of amides is 2. The topological polar surface area (TPSA) is 69.6 Å². The first-order chi connectivity index (χ1) is 9.80. The van der Waals surface area contributed by atoms with Crippen molar-refractivity contribution in [1.82, 2.24) is 10.2 Å². The number of nitrogens with one attached hydrogen (secondary N) is 1. The van der Waals surface area contributed by atoms with Gasteiger partial charge in [-0.2, -0.15) is 0 Å². The summed E-state index contributed by atoms with van der Waals surface area (Å²) >= 11 is 0. The van der Waals surface area contributed by atoms with Crippen LogP contribution < -0.4 is 5.32 Å². The highest BCUT2D eigenvalue weighted by Gasteiger charge is 2.27. The molecule has 21 heavy (non-hydrogen) atoms. The van der Waals surface area contributed by atoms with E-state index in [1.807, 2.05) is 30.3 Å². The van der Waals surface area contributed by atoms with Gasteiger partial charge < -0.3 is 10.4 Å². The average Bonchev–Trinajstić information content (AvgIpc) is 2.40. The number of hydrogen-bond donors (Lipinski definition) is 2. The molecular weight excluding hydrogens is 268 g/mol. The third-order valence-corrected chi connectivity index (χ3v) is 3.15. The molecule has 116 valence electrons. The molecule has 0 aliphatic heterocycles. The van der Waals surface area contributed by atoms with Crippen LogP contribution in [-0.4, -0.2) is 40.6 Å². The Morgan fingerprint density at radius 2 is 1.81 bits per heavy atom. The number of carbonyl (C=O) groups is 2. The maximum absolute atomic E-state index is 11.8. The number of aryl methyl sites for hydroxylation is 1. The van der Waals surface area contributed by atoms with Crippen LogP contribution in [0.25, 0.3) is 0 Å². The lowest BCUT2D eigenvalue weighted by molar-refractivity contribution is -0.122. The Balaban J connectivity index is 2.32. The second-order valence-electron chi connectivity index (χ2n) is 5.98. The molecule has 5 nitrogen and oxygen atoms in total. The van der Waals surface area contributed by atoms with Crippen molar-refractivity contribution in [1.29, 1.82) is 0 Å². The van der Waals surface area contributed by atoms with Crippen LogP contribution in [-0.2, 0) is 11.2 Å². The first-order valence-corrected chi connectivity index (χ1v) is 7.12. The fraction of sp³-hybridized carbons (Fsp3) is 0.500. The van der Waals surface area contributed by atoms with Crippen LogP contribution in [0.3, 0.4) is 0 Å². The van der Waals surface area contributed by atoms with E-state index in [1.54, 1.807) is 20.8 Å². The molecule has 0 aromatic heterocycles. The van der Waals surface area contributed by atoms with Crippen LogP contribution in [0.1, 0.15) is 32.8 Å². The van der Waals surface area contributed by atoms with Gasteiger partial charge in [0, 0.05) is 12.1 Å². The molecule has 1 rings (SSSR count). The molecule has 0 heterocycles. The van der Waals surface area contributed by atoms with Gasteiger partial charge in [-0.1, -0.05) is 30.3 Å². The summed E-state index contributed by atoms with van der Waals surface area (Å²) in [5, 5.41) is 11.9. The second kappa shape index (κ2) is 7.67. The van der Waals surface area contributed by atoms with Crippen LogP contribution in [0.5, 0.6) is 0 Å². The van der Waals surface area contributed by atoms with Gasteiger partial charge in [-0.25, -0.2) is 4.79 Å². The van der Waals surface area contributed by atoms with E-state index in [0.29, 0.717) is 6.54 Å². The van der Waals surface area contributed by atoms with Crippen molar-refractivity contribution in [2.45, 2.75) is 39.2 Å². The van der Waals surface area contributed by atoms with Crippen LogP contribution in [0.15, 0.2) is 30.3 Å². The lowest BCUT2D eigenvalue weighted by atomic mass is 10.1. The molecule has 0 radical (unpaired) electrons. The van der Waals surface area contributed by atoms with E-state index in [4.69, 9.17) is 5.11 Å². The molecule has 1 aromatic carbocycles. The van der Waals surface area contributed by atoms with Gasteiger partial charge in [0.15, 0.2) is 0 Å². The Hall–Kier alpha value is -2.04. The highest BCUT2D eigenvalue weighted by atomic mass is 16.4. The van der Waals surface area contributed by atoms with Crippen molar-refractivity contribution in [3.05, 3.63) is 35.9 Å². The summed E-state index contributed by atoms with van der Waals surface area (Å²) in [4.78, 5) is 24.1. The zero-order valence-electron chi connectivity index (χ0n) is 12.9. The van der Waals surface area contributed by atoms with Crippen molar-refractivity contribution in [3.8, 4) is 0 Å². The third-order valence-electron chi connectivity index (χ3n) is 3.15. The predicted molar refractivity (Wildman–Crippen MR) is 82.3 cm³/mol. The molecular formula is C16H24N2O3. The molecule has 0 unspecified atom stereocenters. The van der Waals surface area contributed by atoms with Gasteiger partial charge in [-0.05, 0) is 39.2 Å². The van der Waals surface area contributed by atoms with E-state index in [0.717, 1.165) is 17.7 Å². The minimum Gasteiger partial charge on any atom is -0.465 e. The molecule has 0 fully saturated rings. The molecule has 5 heteroatoms. The standard InChI is InChI=1S/C16H24N2O3/c1-16(2,3)18(15(20)21)12-14(19)17-11-7-10-13-8-5-4-6-9-13/h4-6,8-9H,7,10-12H2,1-3H3,(H,17,19)(H,20,21). The second-order valence-corrected chi connectivity index (χ2v) is 5.98. The van der Waals surface area contributed by atoms with Crippen molar-refractivity contribution in [2.24, 2.45) is 0 Å². The van der Waals surface area contributed by atoms with Crippen LogP contribution in [0.2, 0.25) is 0 Å². The van der Waals surface area contributed by atoms with Gasteiger partial charge in [-0.15, -0.1) is 0 Å². The average molecular weight is 292 g/mol. The van der Waals surface area contributed by atoms with E-state index in [1.165, 1.54) is 5.56 Å². The summed E-state index contributed by atoms with van der Waals surface area (Å²) in [5.41, 5.74) is 0.640. The first-order valence-electron chi connectivity index (χ1n) is 7.12. The van der Waals surface area contributed by atoms with Gasteiger partial charge in [0.1, 0.15) is 6.54 Å². The van der Waals surface area contributed by atoms with Gasteiger partial charge in [-0.3, -0.25) is 9.69 Å². The van der Waals surface area contributed by atoms with Crippen molar-refractivity contribution in [2.75, 3.05) is 13.1 Å². The smallest absolute Gasteiger partial charge is 0.408 e. The van der Waals surface area contributed by atoms with Crippen molar-refractivity contribution >= 4 is 12.0 Å². The maximum Gasteiger partial charge on any atom is 0.408 e. The summed E-state index contributed by atoms with van der Waals surface area (Å²) in [5.74, 6) is -0.264. The monoisotopic (exact) mass is 292 g/mol. The van der Waals surface area contributed by atoms with Gasteiger partial charge in [0.05, 0.1) is 0 Å². The van der Waals surface area contributed by atoms with E-state index in [9.17, 15) is 9.59 Å². The molecule has 0 bridgehead atoms. The Bertz CT molecular complexity index is 466. The van der Waals surface area contributed by atoms with Crippen LogP contribution in [0, 0.1) is 0 Å². The molecule has 0 aliphatic carbocycles. The molecule has 0 aliphatic rings. The quantitative estimate of drug-likeness (QED) is 0.792. The number of carbonyl (C=O) groups excluding carboxylic acids is 1. The van der Waals surface area contributed by atoms with Gasteiger partial charge in [0.25, 0.3) is 0 Å². The largest absolute Gasteiger partial charge is 0.465 e. The van der Waals surface area contributed by atoms with E-state index in [2.05, 4.69) is 5.32 Å². The Labute approximate surface area is 126 Å². The molecule has 0 atom stereocenters. The summed E-state index contributed by atoms with van der Waals surface area (Å²) in [7, 11) is 0. The van der Waals surface area contributed by atoms with E-state index in [-0.39, 0.29) is 12.5 Å². The molecule has 0 saturated carbocycles. The minimum absolute atomic E-state index is 0.135. The predicted octanol–water partition coefficient (Wildman–Crippen LogP) is 2.51. The fourth-order valence-electron chi connectivity index (χ4n) is 1.96. The minimum atomic E-state index is -1.08. The van der Waals surface area contributed by atoms with Crippen LogP contribution in [0.4, 0.5) is 4.79 Å². The van der Waals surface area contributed by atoms with E-state index >= 15 is 0 Å². The van der Waals surface area contributed by atoms with Crippen molar-refractivity contribution in [3.63, 3.8) is 0 Å². The normalized spacial score (nSPS) is 11.0. The van der Waals surface area contributed by atoms with Crippen LogP contribution >= 0.6 is 0 Å². The lowest BCUT2D eigenvalue weighted by Gasteiger charge is -2.32. The molecule has 2 amide bonds. The fourth-order valence-corrected chi connectivity index (χ4v) is 1.96. The summed E-state index contributed by atoms with van der Waals surface area (Å²) in [6.45, 7) is 5.72. The number of benzene rings is 1. The molecule has 0 saturated heterocycles. The zero-order valence-corrected chi connectivity index (χ0v) is 12.9. The molecule has 1 aromatic rings. The lowest BCUT2D eigenvalue weighted by Crippen LogP contribution is -2.50. The third kappa shape index (κ3) is 6.29. The van der Waals surface area contributed by atoms with Gasteiger partial charge in [0.2, 0.25) is 5.91 Å². The van der Waals surface area contributed by atoms with Gasteiger partial charge >= 0.3 is 6.09 Å². The summed E-state index contributed by atoms with van der Waals surface area (Å²) in [6, 6.07) is 10.0. The number of carboxylic acid groups (broad SMARTS) is 1. The number of nitrogens with zero attached hydrogens (tertiary/aromatic N) is 1. The number of hydrogen-bond acceptors (Lipinski definition) is 2. The Morgan fingerprint density at radius 3 is 2.33 bits per heavy atom. The number of rotatable bonds is 6. The summed E-state index contributed by atoms with van der Waals surface area (Å²) in [6.07, 6.45) is 0.642. The van der Waals surface area contributed by atoms with E-state index < -0.39 is 11.6 Å². The molecule has 2 N–H and O–H groups in total. The summed E-state index contributed by atoms with van der Waals surface area (Å²) < 4.78 is 0. The highest BCUT2D eigenvalue weighted by Crippen LogP contribution is 2.12.